The quantitative estimate of drug-likeness (QED) is 0.568. The van der Waals surface area contributed by atoms with Gasteiger partial charge < -0.3 is 15.2 Å². The fourth-order valence-electron chi connectivity index (χ4n) is 7.75. The van der Waals surface area contributed by atoms with E-state index in [1.165, 1.54) is 25.0 Å². The van der Waals surface area contributed by atoms with Crippen molar-refractivity contribution in [1.82, 2.24) is 0 Å². The van der Waals surface area contributed by atoms with E-state index in [-0.39, 0.29) is 34.8 Å². The van der Waals surface area contributed by atoms with E-state index in [4.69, 9.17) is 15.2 Å². The number of nitrogens with two attached hydrogens (primary N) is 1. The predicted octanol–water partition coefficient (Wildman–Crippen LogP) is 5.38. The molecule has 0 heterocycles. The number of hydrogen-bond acceptors (Lipinski definition) is 5. The van der Waals surface area contributed by atoms with Crippen molar-refractivity contribution in [1.29, 1.82) is 0 Å². The molecule has 3 aliphatic rings. The van der Waals surface area contributed by atoms with E-state index < -0.39 is 0 Å². The van der Waals surface area contributed by atoms with Gasteiger partial charge in [0.15, 0.2) is 0 Å². The van der Waals surface area contributed by atoms with E-state index in [2.05, 4.69) is 50.3 Å². The molecule has 0 radical (unpaired) electrons. The minimum Gasteiger partial charge on any atom is -0.466 e. The van der Waals surface area contributed by atoms with Gasteiger partial charge in [0, 0.05) is 19.8 Å². The molecule has 0 aliphatic heterocycles. The van der Waals surface area contributed by atoms with Crippen LogP contribution in [0.4, 0.5) is 0 Å². The molecule has 1 aromatic rings. The highest BCUT2D eigenvalue weighted by atomic mass is 16.5. The van der Waals surface area contributed by atoms with E-state index in [1.54, 1.807) is 0 Å². The normalized spacial score (nSPS) is 37.4. The van der Waals surface area contributed by atoms with Crippen LogP contribution in [-0.4, -0.2) is 31.2 Å². The molecule has 5 nitrogen and oxygen atoms in total. The minimum atomic E-state index is -0.254. The van der Waals surface area contributed by atoms with Gasteiger partial charge in [0.2, 0.25) is 0 Å². The smallest absolute Gasteiger partial charge is 0.302 e. The molecular formula is C29H41NO4. The van der Waals surface area contributed by atoms with Crippen molar-refractivity contribution in [3.8, 4) is 0 Å². The van der Waals surface area contributed by atoms with Crippen LogP contribution in [0, 0.1) is 34.5 Å². The van der Waals surface area contributed by atoms with Gasteiger partial charge in [-0.2, -0.15) is 0 Å². The topological polar surface area (TPSA) is 78.6 Å². The van der Waals surface area contributed by atoms with Crippen molar-refractivity contribution in [3.05, 3.63) is 42.0 Å². The number of carbonyl (C=O) groups excluding carboxylic acids is 2. The van der Waals surface area contributed by atoms with Crippen molar-refractivity contribution in [3.63, 3.8) is 0 Å². The van der Waals surface area contributed by atoms with Gasteiger partial charge in [-0.25, -0.2) is 0 Å². The Morgan fingerprint density at radius 2 is 1.76 bits per heavy atom. The van der Waals surface area contributed by atoms with Gasteiger partial charge >= 0.3 is 11.9 Å². The maximum Gasteiger partial charge on any atom is 0.302 e. The Kier molecular flexibility index (Phi) is 7.23. The third-order valence-corrected chi connectivity index (χ3v) is 9.53. The standard InChI is InChI=1S/C29H41NO4/c1-19(31)33-18-22-16-23(34-20(2)32)12-14-28(22,3)27-13-15-29(4)25(21-8-6-5-7-9-21)10-11-26(29)24(27)17-30/h5-10,22-24,26-27H,11-18,30H2,1-4H3/t22-,23+,24+,26+,27+,28+,29-/m1/s1. The Hall–Kier alpha value is -2.14. The van der Waals surface area contributed by atoms with Gasteiger partial charge in [-0.3, -0.25) is 9.59 Å². The highest BCUT2D eigenvalue weighted by Crippen LogP contribution is 2.63. The zero-order chi connectivity index (χ0) is 24.5. The van der Waals surface area contributed by atoms with Crippen molar-refractivity contribution in [2.24, 2.45) is 40.2 Å². The van der Waals surface area contributed by atoms with Gasteiger partial charge in [-0.05, 0) is 84.8 Å². The largest absolute Gasteiger partial charge is 0.466 e. The van der Waals surface area contributed by atoms with Gasteiger partial charge in [0.05, 0.1) is 6.61 Å². The van der Waals surface area contributed by atoms with E-state index in [1.807, 2.05) is 0 Å². The summed E-state index contributed by atoms with van der Waals surface area (Å²) in [4.78, 5) is 23.3. The second-order valence-corrected chi connectivity index (χ2v) is 11.3. The summed E-state index contributed by atoms with van der Waals surface area (Å²) in [6, 6.07) is 10.8. The van der Waals surface area contributed by atoms with Crippen molar-refractivity contribution >= 4 is 17.5 Å². The summed E-state index contributed by atoms with van der Waals surface area (Å²) in [5.41, 5.74) is 9.49. The molecule has 34 heavy (non-hydrogen) atoms. The second kappa shape index (κ2) is 9.85. The first kappa shape index (κ1) is 25.0. The maximum absolute atomic E-state index is 11.7. The molecule has 0 spiro atoms. The Balaban J connectivity index is 1.59. The first-order valence-electron chi connectivity index (χ1n) is 13.0. The van der Waals surface area contributed by atoms with Crippen LogP contribution < -0.4 is 5.73 Å². The number of benzene rings is 1. The number of rotatable bonds is 6. The molecule has 2 N–H and O–H groups in total. The van der Waals surface area contributed by atoms with E-state index in [0.29, 0.717) is 30.9 Å². The number of esters is 2. The number of carbonyl (C=O) groups is 2. The molecule has 3 aliphatic carbocycles. The SMILES string of the molecule is CC(=O)OC[C@H]1C[C@@H](OC(C)=O)CC[C@]1(C)[C@H]1CC[C@]2(C)C(c3ccccc3)=CC[C@H]2[C@@H]1CN. The molecule has 0 amide bonds. The summed E-state index contributed by atoms with van der Waals surface area (Å²) in [5, 5.41) is 0. The van der Waals surface area contributed by atoms with Gasteiger partial charge in [0.25, 0.3) is 0 Å². The number of allylic oxidation sites excluding steroid dienone is 2. The zero-order valence-electron chi connectivity index (χ0n) is 21.2. The lowest BCUT2D eigenvalue weighted by Gasteiger charge is -2.57. The third-order valence-electron chi connectivity index (χ3n) is 9.53. The Labute approximate surface area is 204 Å². The molecule has 0 aromatic heterocycles. The Morgan fingerprint density at radius 3 is 2.41 bits per heavy atom. The summed E-state index contributed by atoms with van der Waals surface area (Å²) < 4.78 is 11.1. The van der Waals surface area contributed by atoms with Crippen LogP contribution in [0.1, 0.15) is 71.8 Å². The van der Waals surface area contributed by atoms with Gasteiger partial charge in [-0.1, -0.05) is 50.3 Å². The molecule has 5 heteroatoms. The molecular weight excluding hydrogens is 426 g/mol. The number of hydrogen-bond donors (Lipinski definition) is 1. The van der Waals surface area contributed by atoms with Crippen LogP contribution in [0.25, 0.3) is 5.57 Å². The van der Waals surface area contributed by atoms with E-state index >= 15 is 0 Å². The van der Waals surface area contributed by atoms with Crippen LogP contribution in [-0.2, 0) is 19.1 Å². The summed E-state index contributed by atoms with van der Waals surface area (Å²) in [7, 11) is 0. The highest BCUT2D eigenvalue weighted by molar-refractivity contribution is 5.73. The average Bonchev–Trinajstić information content (AvgIpc) is 3.16. The van der Waals surface area contributed by atoms with Gasteiger partial charge in [-0.15, -0.1) is 0 Å². The summed E-state index contributed by atoms with van der Waals surface area (Å²) in [5.74, 6) is 1.04. The maximum atomic E-state index is 11.7. The summed E-state index contributed by atoms with van der Waals surface area (Å²) in [6.07, 6.45) is 8.24. The molecule has 1 aromatic carbocycles. The van der Waals surface area contributed by atoms with Crippen LogP contribution >= 0.6 is 0 Å². The Bertz CT molecular complexity index is 927. The molecule has 2 fully saturated rings. The molecule has 7 atom stereocenters. The van der Waals surface area contributed by atoms with Crippen LogP contribution in [0.2, 0.25) is 0 Å². The lowest BCUT2D eigenvalue weighted by molar-refractivity contribution is -0.160. The minimum absolute atomic E-state index is 0.00698. The van der Waals surface area contributed by atoms with Crippen molar-refractivity contribution in [2.75, 3.05) is 13.2 Å². The van der Waals surface area contributed by atoms with E-state index in [0.717, 1.165) is 38.5 Å². The monoisotopic (exact) mass is 467 g/mol. The van der Waals surface area contributed by atoms with Crippen LogP contribution in [0.3, 0.4) is 0 Å². The lowest BCUT2D eigenvalue weighted by Crippen LogP contribution is -2.53. The van der Waals surface area contributed by atoms with Crippen molar-refractivity contribution < 1.29 is 19.1 Å². The molecule has 2 saturated carbocycles. The van der Waals surface area contributed by atoms with Gasteiger partial charge in [0.1, 0.15) is 6.10 Å². The molecule has 4 rings (SSSR count). The molecule has 186 valence electrons. The van der Waals surface area contributed by atoms with E-state index in [9.17, 15) is 9.59 Å². The predicted molar refractivity (Wildman–Crippen MR) is 134 cm³/mol. The fraction of sp³-hybridized carbons (Fsp3) is 0.655. The first-order chi connectivity index (χ1) is 16.2. The first-order valence-corrected chi connectivity index (χ1v) is 13.0. The van der Waals surface area contributed by atoms with Crippen LogP contribution in [0.5, 0.6) is 0 Å². The Morgan fingerprint density at radius 1 is 1.03 bits per heavy atom. The highest BCUT2D eigenvalue weighted by Gasteiger charge is 2.56. The zero-order valence-corrected chi connectivity index (χ0v) is 21.2. The average molecular weight is 468 g/mol. The molecule has 0 bridgehead atoms. The summed E-state index contributed by atoms with van der Waals surface area (Å²) in [6.45, 7) is 8.81. The molecule has 0 unspecified atom stereocenters. The third kappa shape index (κ3) is 4.56. The number of fused-ring (bicyclic) bond motifs is 1. The van der Waals surface area contributed by atoms with Crippen molar-refractivity contribution in [2.45, 2.75) is 72.3 Å². The van der Waals surface area contributed by atoms with Crippen LogP contribution in [0.15, 0.2) is 36.4 Å². The second-order valence-electron chi connectivity index (χ2n) is 11.3. The number of ether oxygens (including phenoxy) is 2. The molecule has 0 saturated heterocycles. The summed E-state index contributed by atoms with van der Waals surface area (Å²) >= 11 is 0. The fourth-order valence-corrected chi connectivity index (χ4v) is 7.75. The lowest BCUT2D eigenvalue weighted by atomic mass is 9.48.